The van der Waals surface area contributed by atoms with Gasteiger partial charge >= 0.3 is 0 Å². The third kappa shape index (κ3) is 2.41. The second kappa shape index (κ2) is 4.51. The van der Waals surface area contributed by atoms with Crippen molar-refractivity contribution in [1.82, 2.24) is 4.98 Å². The van der Waals surface area contributed by atoms with Crippen LogP contribution < -0.4 is 11.1 Å². The maximum Gasteiger partial charge on any atom is 0.244 e. The van der Waals surface area contributed by atoms with Crippen LogP contribution in [0.4, 0.5) is 5.69 Å². The molecule has 1 fully saturated rings. The summed E-state index contributed by atoms with van der Waals surface area (Å²) in [6.45, 7) is 0. The second-order valence-corrected chi connectivity index (χ2v) is 5.00. The number of hydrogen-bond acceptors (Lipinski definition) is 3. The first kappa shape index (κ1) is 11.5. The molecule has 0 spiro atoms. The first-order valence-corrected chi connectivity index (χ1v) is 6.11. The molecule has 0 aromatic carbocycles. The number of hydrogen-bond donors (Lipinski definition) is 2. The summed E-state index contributed by atoms with van der Waals surface area (Å²) in [5.41, 5.74) is 6.04. The van der Waals surface area contributed by atoms with Crippen LogP contribution in [-0.4, -0.2) is 16.4 Å². The fraction of sp³-hybridized carbons (Fsp3) is 0.455. The standard InChI is InChI=1S/C11H14BrN3O/c12-9-4-3-8(7-14-9)15-10(16)11(13)5-1-2-6-11/h3-4,7H,1-2,5-6,13H2,(H,15,16). The van der Waals surface area contributed by atoms with Crippen LogP contribution in [0.1, 0.15) is 25.7 Å². The Morgan fingerprint density at radius 3 is 2.69 bits per heavy atom. The molecule has 0 atom stereocenters. The number of halogens is 1. The highest BCUT2D eigenvalue weighted by molar-refractivity contribution is 9.10. The number of nitrogens with one attached hydrogen (secondary N) is 1. The third-order valence-electron chi connectivity index (χ3n) is 2.93. The molecule has 16 heavy (non-hydrogen) atoms. The van der Waals surface area contributed by atoms with E-state index >= 15 is 0 Å². The third-order valence-corrected chi connectivity index (χ3v) is 3.40. The largest absolute Gasteiger partial charge is 0.323 e. The molecule has 0 saturated heterocycles. The number of aromatic nitrogens is 1. The van der Waals surface area contributed by atoms with Gasteiger partial charge in [0, 0.05) is 0 Å². The Kier molecular flexibility index (Phi) is 3.25. The van der Waals surface area contributed by atoms with Gasteiger partial charge in [-0.1, -0.05) is 12.8 Å². The highest BCUT2D eigenvalue weighted by Crippen LogP contribution is 2.28. The van der Waals surface area contributed by atoms with Crippen LogP contribution in [0.25, 0.3) is 0 Å². The molecule has 1 aromatic rings. The molecule has 0 aliphatic heterocycles. The first-order valence-electron chi connectivity index (χ1n) is 5.32. The van der Waals surface area contributed by atoms with Gasteiger partial charge in [-0.2, -0.15) is 0 Å². The molecule has 0 radical (unpaired) electrons. The predicted octanol–water partition coefficient (Wildman–Crippen LogP) is 2.05. The molecule has 1 aliphatic carbocycles. The predicted molar refractivity (Wildman–Crippen MR) is 66.0 cm³/mol. The minimum absolute atomic E-state index is 0.103. The maximum absolute atomic E-state index is 11.9. The van der Waals surface area contributed by atoms with Crippen molar-refractivity contribution < 1.29 is 4.79 Å². The Hall–Kier alpha value is -0.940. The normalized spacial score (nSPS) is 18.4. The summed E-state index contributed by atoms with van der Waals surface area (Å²) >= 11 is 3.24. The molecule has 5 heteroatoms. The van der Waals surface area contributed by atoms with Crippen molar-refractivity contribution in [3.05, 3.63) is 22.9 Å². The Labute approximate surface area is 103 Å². The van der Waals surface area contributed by atoms with E-state index in [2.05, 4.69) is 26.2 Å². The van der Waals surface area contributed by atoms with Crippen LogP contribution >= 0.6 is 15.9 Å². The molecule has 3 N–H and O–H groups in total. The Morgan fingerprint density at radius 1 is 1.44 bits per heavy atom. The van der Waals surface area contributed by atoms with E-state index < -0.39 is 5.54 Å². The van der Waals surface area contributed by atoms with Crippen LogP contribution in [0, 0.1) is 0 Å². The number of nitrogens with zero attached hydrogens (tertiary/aromatic N) is 1. The zero-order chi connectivity index (χ0) is 11.6. The van der Waals surface area contributed by atoms with E-state index in [1.807, 2.05) is 0 Å². The van der Waals surface area contributed by atoms with E-state index in [-0.39, 0.29) is 5.91 Å². The molecule has 0 bridgehead atoms. The topological polar surface area (TPSA) is 68.0 Å². The Morgan fingerprint density at radius 2 is 2.12 bits per heavy atom. The van der Waals surface area contributed by atoms with E-state index in [0.717, 1.165) is 30.3 Å². The monoisotopic (exact) mass is 283 g/mol. The number of pyridine rings is 1. The summed E-state index contributed by atoms with van der Waals surface area (Å²) in [5.74, 6) is -0.103. The van der Waals surface area contributed by atoms with Gasteiger partial charge in [-0.05, 0) is 40.9 Å². The van der Waals surface area contributed by atoms with Gasteiger partial charge in [-0.25, -0.2) is 4.98 Å². The number of carbonyl (C=O) groups is 1. The van der Waals surface area contributed by atoms with Gasteiger partial charge < -0.3 is 11.1 Å². The maximum atomic E-state index is 11.9. The van der Waals surface area contributed by atoms with Gasteiger partial charge in [0.25, 0.3) is 0 Å². The smallest absolute Gasteiger partial charge is 0.244 e. The van der Waals surface area contributed by atoms with E-state index in [4.69, 9.17) is 5.73 Å². The molecule has 1 amide bonds. The highest BCUT2D eigenvalue weighted by Gasteiger charge is 2.36. The molecule has 1 heterocycles. The van der Waals surface area contributed by atoms with E-state index in [0.29, 0.717) is 5.69 Å². The fourth-order valence-electron chi connectivity index (χ4n) is 1.94. The molecule has 86 valence electrons. The van der Waals surface area contributed by atoms with Crippen molar-refractivity contribution in [2.24, 2.45) is 5.73 Å². The van der Waals surface area contributed by atoms with Gasteiger partial charge in [0.05, 0.1) is 17.4 Å². The van der Waals surface area contributed by atoms with Crippen molar-refractivity contribution in [3.63, 3.8) is 0 Å². The summed E-state index contributed by atoms with van der Waals surface area (Å²) in [7, 11) is 0. The van der Waals surface area contributed by atoms with E-state index in [9.17, 15) is 4.79 Å². The summed E-state index contributed by atoms with van der Waals surface area (Å²) in [6, 6.07) is 3.58. The van der Waals surface area contributed by atoms with Crippen molar-refractivity contribution in [1.29, 1.82) is 0 Å². The Balaban J connectivity index is 2.04. The van der Waals surface area contributed by atoms with Crippen LogP contribution in [0.5, 0.6) is 0 Å². The van der Waals surface area contributed by atoms with Gasteiger partial charge in [0.1, 0.15) is 4.60 Å². The number of carbonyl (C=O) groups excluding carboxylic acids is 1. The quantitative estimate of drug-likeness (QED) is 0.817. The van der Waals surface area contributed by atoms with Crippen LogP contribution in [0.15, 0.2) is 22.9 Å². The van der Waals surface area contributed by atoms with Crippen molar-refractivity contribution in [2.45, 2.75) is 31.2 Å². The number of nitrogens with two attached hydrogens (primary N) is 1. The number of amides is 1. The minimum Gasteiger partial charge on any atom is -0.323 e. The van der Waals surface area contributed by atoms with Gasteiger partial charge in [-0.3, -0.25) is 4.79 Å². The lowest BCUT2D eigenvalue weighted by Crippen LogP contribution is -2.48. The summed E-state index contributed by atoms with van der Waals surface area (Å²) in [4.78, 5) is 16.0. The molecular weight excluding hydrogens is 270 g/mol. The molecule has 1 saturated carbocycles. The number of anilines is 1. The van der Waals surface area contributed by atoms with Crippen LogP contribution in [0.2, 0.25) is 0 Å². The van der Waals surface area contributed by atoms with Crippen molar-refractivity contribution in [3.8, 4) is 0 Å². The lowest BCUT2D eigenvalue weighted by molar-refractivity contribution is -0.121. The summed E-state index contributed by atoms with van der Waals surface area (Å²) in [5, 5.41) is 2.80. The zero-order valence-corrected chi connectivity index (χ0v) is 10.5. The average Bonchev–Trinajstić information content (AvgIpc) is 2.70. The molecule has 1 aromatic heterocycles. The van der Waals surface area contributed by atoms with Crippen LogP contribution in [0.3, 0.4) is 0 Å². The lowest BCUT2D eigenvalue weighted by atomic mass is 9.98. The SMILES string of the molecule is NC1(C(=O)Nc2ccc(Br)nc2)CCCC1. The first-order chi connectivity index (χ1) is 7.60. The molecular formula is C11H14BrN3O. The number of rotatable bonds is 2. The average molecular weight is 284 g/mol. The van der Waals surface area contributed by atoms with Crippen molar-refractivity contribution >= 4 is 27.5 Å². The molecule has 0 unspecified atom stereocenters. The fourth-order valence-corrected chi connectivity index (χ4v) is 2.17. The van der Waals surface area contributed by atoms with Crippen LogP contribution in [-0.2, 0) is 4.79 Å². The highest BCUT2D eigenvalue weighted by atomic mass is 79.9. The molecule has 2 rings (SSSR count). The minimum atomic E-state index is -0.687. The Bertz CT molecular complexity index is 385. The summed E-state index contributed by atoms with van der Waals surface area (Å²) < 4.78 is 0.744. The van der Waals surface area contributed by atoms with E-state index in [1.165, 1.54) is 0 Å². The van der Waals surface area contributed by atoms with Crippen molar-refractivity contribution in [2.75, 3.05) is 5.32 Å². The second-order valence-electron chi connectivity index (χ2n) is 4.19. The molecule has 1 aliphatic rings. The zero-order valence-electron chi connectivity index (χ0n) is 8.87. The summed E-state index contributed by atoms with van der Waals surface area (Å²) in [6.07, 6.45) is 5.21. The molecule has 4 nitrogen and oxygen atoms in total. The van der Waals surface area contributed by atoms with Gasteiger partial charge in [0.15, 0.2) is 0 Å². The van der Waals surface area contributed by atoms with E-state index in [1.54, 1.807) is 18.3 Å². The van der Waals surface area contributed by atoms with Gasteiger partial charge in [-0.15, -0.1) is 0 Å². The lowest BCUT2D eigenvalue weighted by Gasteiger charge is -2.22. The van der Waals surface area contributed by atoms with Gasteiger partial charge in [0.2, 0.25) is 5.91 Å².